The molecule has 1 aliphatic carbocycles. The lowest BCUT2D eigenvalue weighted by molar-refractivity contribution is -0.127. The highest BCUT2D eigenvalue weighted by molar-refractivity contribution is 5.81. The Morgan fingerprint density at radius 3 is 2.67 bits per heavy atom. The van der Waals surface area contributed by atoms with Gasteiger partial charge in [0.15, 0.2) is 0 Å². The quantitative estimate of drug-likeness (QED) is 0.668. The number of hydrogen-bond acceptors (Lipinski definition) is 3. The molecule has 0 aliphatic heterocycles. The van der Waals surface area contributed by atoms with Crippen LogP contribution in [0.5, 0.6) is 0 Å². The van der Waals surface area contributed by atoms with Gasteiger partial charge in [-0.3, -0.25) is 9.69 Å². The second-order valence-electron chi connectivity index (χ2n) is 4.26. The highest BCUT2D eigenvalue weighted by Gasteiger charge is 2.30. The molecule has 1 aliphatic rings. The predicted octanol–water partition coefficient (Wildman–Crippen LogP) is 0.324. The number of nitrogens with zero attached hydrogens (tertiary/aromatic N) is 1. The molecule has 0 bridgehead atoms. The average Bonchev–Trinajstić information content (AvgIpc) is 2.19. The Hall–Kier alpha value is -0.610. The summed E-state index contributed by atoms with van der Waals surface area (Å²) in [6.45, 7) is 3.62. The van der Waals surface area contributed by atoms with E-state index in [1.165, 1.54) is 19.3 Å². The van der Waals surface area contributed by atoms with Crippen LogP contribution in [0.3, 0.4) is 0 Å². The molecule has 0 saturated heterocycles. The summed E-state index contributed by atoms with van der Waals surface area (Å²) >= 11 is 0. The highest BCUT2D eigenvalue weighted by Crippen LogP contribution is 2.26. The summed E-state index contributed by atoms with van der Waals surface area (Å²) in [6, 6.07) is 0.579. The third-order valence-electron chi connectivity index (χ3n) is 3.29. The molecule has 1 rings (SSSR count). The normalized spacial score (nSPS) is 18.7. The van der Waals surface area contributed by atoms with Gasteiger partial charge < -0.3 is 11.1 Å². The zero-order chi connectivity index (χ0) is 11.3. The second-order valence-corrected chi connectivity index (χ2v) is 4.26. The molecule has 0 aromatic carbocycles. The van der Waals surface area contributed by atoms with Crippen LogP contribution < -0.4 is 11.1 Å². The topological polar surface area (TPSA) is 58.4 Å². The van der Waals surface area contributed by atoms with Crippen molar-refractivity contribution in [2.24, 2.45) is 5.73 Å². The van der Waals surface area contributed by atoms with Gasteiger partial charge in [0, 0.05) is 19.6 Å². The molecule has 4 heteroatoms. The van der Waals surface area contributed by atoms with Gasteiger partial charge in [-0.25, -0.2) is 0 Å². The summed E-state index contributed by atoms with van der Waals surface area (Å²) in [5.74, 6) is 0.110. The van der Waals surface area contributed by atoms with Gasteiger partial charge in [-0.05, 0) is 32.7 Å². The van der Waals surface area contributed by atoms with Crippen molar-refractivity contribution in [1.29, 1.82) is 0 Å². The van der Waals surface area contributed by atoms with Crippen LogP contribution in [-0.2, 0) is 4.79 Å². The van der Waals surface area contributed by atoms with Crippen LogP contribution in [0.4, 0.5) is 0 Å². The van der Waals surface area contributed by atoms with E-state index in [1.807, 2.05) is 6.92 Å². The second kappa shape index (κ2) is 6.08. The van der Waals surface area contributed by atoms with Crippen LogP contribution >= 0.6 is 0 Å². The average molecular weight is 213 g/mol. The van der Waals surface area contributed by atoms with E-state index in [0.717, 1.165) is 13.0 Å². The van der Waals surface area contributed by atoms with Crippen LogP contribution in [0.15, 0.2) is 0 Å². The fourth-order valence-electron chi connectivity index (χ4n) is 2.04. The van der Waals surface area contributed by atoms with Gasteiger partial charge in [-0.15, -0.1) is 0 Å². The van der Waals surface area contributed by atoms with Gasteiger partial charge in [0.05, 0.1) is 6.04 Å². The Bertz CT molecular complexity index is 204. The lowest BCUT2D eigenvalue weighted by Crippen LogP contribution is -2.51. The van der Waals surface area contributed by atoms with E-state index in [1.54, 1.807) is 7.05 Å². The van der Waals surface area contributed by atoms with Crippen molar-refractivity contribution in [2.75, 3.05) is 20.1 Å². The summed E-state index contributed by atoms with van der Waals surface area (Å²) < 4.78 is 0. The van der Waals surface area contributed by atoms with E-state index in [0.29, 0.717) is 12.6 Å². The number of rotatable bonds is 6. The predicted molar refractivity (Wildman–Crippen MR) is 61.5 cm³/mol. The summed E-state index contributed by atoms with van der Waals surface area (Å²) in [4.78, 5) is 13.9. The van der Waals surface area contributed by atoms with Crippen molar-refractivity contribution >= 4 is 5.91 Å². The molecule has 15 heavy (non-hydrogen) atoms. The maximum Gasteiger partial charge on any atom is 0.236 e. The fraction of sp³-hybridized carbons (Fsp3) is 0.909. The lowest BCUT2D eigenvalue weighted by Gasteiger charge is -2.40. The molecule has 0 spiro atoms. The first-order chi connectivity index (χ1) is 7.20. The summed E-state index contributed by atoms with van der Waals surface area (Å²) in [7, 11) is 1.70. The van der Waals surface area contributed by atoms with Crippen LogP contribution in [0, 0.1) is 0 Å². The lowest BCUT2D eigenvalue weighted by atomic mass is 9.90. The standard InChI is InChI=1S/C11H23N3O/c1-9(11(15)13-2)14(8-4-7-12)10-5-3-6-10/h9-10H,3-8,12H2,1-2H3,(H,13,15). The maximum atomic E-state index is 11.6. The zero-order valence-corrected chi connectivity index (χ0v) is 9.83. The SMILES string of the molecule is CNC(=O)C(C)N(CCCN)C1CCC1. The van der Waals surface area contributed by atoms with Crippen LogP contribution in [0.1, 0.15) is 32.6 Å². The molecule has 1 saturated carbocycles. The Kier molecular flexibility index (Phi) is 5.05. The maximum absolute atomic E-state index is 11.6. The number of hydrogen-bond donors (Lipinski definition) is 2. The molecule has 3 N–H and O–H groups in total. The molecule has 0 aromatic heterocycles. The van der Waals surface area contributed by atoms with Crippen molar-refractivity contribution in [3.8, 4) is 0 Å². The van der Waals surface area contributed by atoms with E-state index in [-0.39, 0.29) is 11.9 Å². The minimum atomic E-state index is -0.0214. The molecule has 0 radical (unpaired) electrons. The van der Waals surface area contributed by atoms with Crippen LogP contribution in [0.2, 0.25) is 0 Å². The Morgan fingerprint density at radius 1 is 1.60 bits per heavy atom. The third-order valence-corrected chi connectivity index (χ3v) is 3.29. The van der Waals surface area contributed by atoms with E-state index in [9.17, 15) is 4.79 Å². The molecule has 88 valence electrons. The van der Waals surface area contributed by atoms with Gasteiger partial charge in [-0.2, -0.15) is 0 Å². The van der Waals surface area contributed by atoms with Crippen molar-refractivity contribution in [2.45, 2.75) is 44.7 Å². The number of nitrogens with one attached hydrogen (secondary N) is 1. The molecule has 1 atom stereocenters. The van der Waals surface area contributed by atoms with Gasteiger partial charge in [0.25, 0.3) is 0 Å². The van der Waals surface area contributed by atoms with Gasteiger partial charge in [-0.1, -0.05) is 6.42 Å². The van der Waals surface area contributed by atoms with Crippen LogP contribution in [-0.4, -0.2) is 43.0 Å². The Labute approximate surface area is 92.2 Å². The number of nitrogens with two attached hydrogens (primary N) is 1. The largest absolute Gasteiger partial charge is 0.358 e. The van der Waals surface area contributed by atoms with Crippen molar-refractivity contribution in [3.05, 3.63) is 0 Å². The minimum absolute atomic E-state index is 0.0214. The van der Waals surface area contributed by atoms with Gasteiger partial charge in [0.2, 0.25) is 5.91 Å². The monoisotopic (exact) mass is 213 g/mol. The molecular weight excluding hydrogens is 190 g/mol. The molecule has 1 unspecified atom stereocenters. The number of carbonyl (C=O) groups excluding carboxylic acids is 1. The third kappa shape index (κ3) is 3.18. The smallest absolute Gasteiger partial charge is 0.236 e. The van der Waals surface area contributed by atoms with Crippen molar-refractivity contribution in [1.82, 2.24) is 10.2 Å². The van der Waals surface area contributed by atoms with Gasteiger partial charge >= 0.3 is 0 Å². The molecule has 0 aromatic rings. The van der Waals surface area contributed by atoms with E-state index >= 15 is 0 Å². The Balaban J connectivity index is 2.49. The van der Waals surface area contributed by atoms with Crippen molar-refractivity contribution in [3.63, 3.8) is 0 Å². The summed E-state index contributed by atoms with van der Waals surface area (Å²) in [5.41, 5.74) is 5.52. The molecular formula is C11H23N3O. The first-order valence-electron chi connectivity index (χ1n) is 5.88. The molecule has 4 nitrogen and oxygen atoms in total. The molecule has 0 heterocycles. The van der Waals surface area contributed by atoms with Crippen LogP contribution in [0.25, 0.3) is 0 Å². The number of amides is 1. The van der Waals surface area contributed by atoms with E-state index < -0.39 is 0 Å². The molecule has 1 fully saturated rings. The Morgan fingerprint density at radius 2 is 2.27 bits per heavy atom. The number of likely N-dealkylation sites (N-methyl/N-ethyl adjacent to an activating group) is 1. The number of carbonyl (C=O) groups is 1. The van der Waals surface area contributed by atoms with E-state index in [2.05, 4.69) is 10.2 Å². The first-order valence-corrected chi connectivity index (χ1v) is 5.88. The summed E-state index contributed by atoms with van der Waals surface area (Å²) in [5, 5.41) is 2.71. The summed E-state index contributed by atoms with van der Waals surface area (Å²) in [6.07, 6.45) is 4.72. The van der Waals surface area contributed by atoms with E-state index in [4.69, 9.17) is 5.73 Å². The first kappa shape index (κ1) is 12.5. The zero-order valence-electron chi connectivity index (χ0n) is 9.83. The molecule has 1 amide bonds. The fourth-order valence-corrected chi connectivity index (χ4v) is 2.04. The van der Waals surface area contributed by atoms with Gasteiger partial charge in [0.1, 0.15) is 0 Å². The minimum Gasteiger partial charge on any atom is -0.358 e. The highest BCUT2D eigenvalue weighted by atomic mass is 16.2. The van der Waals surface area contributed by atoms with Crippen molar-refractivity contribution < 1.29 is 4.79 Å².